The molecule has 3 aromatic rings. The zero-order chi connectivity index (χ0) is 17.1. The normalized spacial score (nSPS) is 12.1. The molecule has 124 valence electrons. The first-order chi connectivity index (χ1) is 11.5. The van der Waals surface area contributed by atoms with E-state index in [-0.39, 0.29) is 17.6 Å². The van der Waals surface area contributed by atoms with Crippen molar-refractivity contribution in [3.05, 3.63) is 62.8 Å². The van der Waals surface area contributed by atoms with Crippen LogP contribution in [-0.2, 0) is 6.54 Å². The third kappa shape index (κ3) is 3.98. The van der Waals surface area contributed by atoms with E-state index in [4.69, 9.17) is 11.6 Å². The molecule has 0 fully saturated rings. The lowest BCUT2D eigenvalue weighted by Crippen LogP contribution is -2.26. The highest BCUT2D eigenvalue weighted by Gasteiger charge is 2.16. The minimum absolute atomic E-state index is 0.169. The molecule has 2 aromatic heterocycles. The molecule has 6 nitrogen and oxygen atoms in total. The van der Waals surface area contributed by atoms with Gasteiger partial charge < -0.3 is 5.32 Å². The third-order valence-corrected chi connectivity index (χ3v) is 4.78. The summed E-state index contributed by atoms with van der Waals surface area (Å²) >= 11 is 7.39. The fourth-order valence-electron chi connectivity index (χ4n) is 2.16. The average molecular weight is 362 g/mol. The maximum atomic E-state index is 12.3. The second kappa shape index (κ2) is 7.11. The van der Waals surface area contributed by atoms with E-state index in [1.165, 1.54) is 11.3 Å². The van der Waals surface area contributed by atoms with Gasteiger partial charge in [0.15, 0.2) is 5.69 Å². The summed E-state index contributed by atoms with van der Waals surface area (Å²) < 4.78 is 1.62. The predicted molar refractivity (Wildman–Crippen MR) is 93.3 cm³/mol. The first-order valence-electron chi connectivity index (χ1n) is 7.39. The number of carbonyl (C=O) groups excluding carboxylic acids is 1. The average Bonchev–Trinajstić information content (AvgIpc) is 3.19. The van der Waals surface area contributed by atoms with Crippen molar-refractivity contribution in [2.45, 2.75) is 26.4 Å². The van der Waals surface area contributed by atoms with Crippen molar-refractivity contribution in [3.63, 3.8) is 0 Å². The van der Waals surface area contributed by atoms with Gasteiger partial charge in [0.2, 0.25) is 0 Å². The molecular formula is C16H16ClN5OS. The molecule has 0 spiro atoms. The van der Waals surface area contributed by atoms with Gasteiger partial charge in [-0.25, -0.2) is 9.67 Å². The van der Waals surface area contributed by atoms with E-state index in [2.05, 4.69) is 20.6 Å². The Balaban J connectivity index is 1.64. The van der Waals surface area contributed by atoms with Crippen LogP contribution in [-0.4, -0.2) is 25.9 Å². The Hall–Kier alpha value is -2.25. The monoisotopic (exact) mass is 361 g/mol. The van der Waals surface area contributed by atoms with Gasteiger partial charge in [0, 0.05) is 16.1 Å². The molecule has 0 saturated heterocycles. The minimum Gasteiger partial charge on any atom is -0.342 e. The Morgan fingerprint density at radius 1 is 1.38 bits per heavy atom. The van der Waals surface area contributed by atoms with Crippen LogP contribution in [0.3, 0.4) is 0 Å². The molecule has 3 rings (SSSR count). The first kappa shape index (κ1) is 16.6. The highest BCUT2D eigenvalue weighted by atomic mass is 35.5. The van der Waals surface area contributed by atoms with E-state index < -0.39 is 0 Å². The number of carbonyl (C=O) groups is 1. The van der Waals surface area contributed by atoms with E-state index >= 15 is 0 Å². The van der Waals surface area contributed by atoms with Crippen LogP contribution in [0.5, 0.6) is 0 Å². The summed E-state index contributed by atoms with van der Waals surface area (Å²) in [5.41, 5.74) is 2.26. The predicted octanol–water partition coefficient (Wildman–Crippen LogP) is 3.24. The Kier molecular flexibility index (Phi) is 4.92. The van der Waals surface area contributed by atoms with Gasteiger partial charge in [-0.05, 0) is 31.5 Å². The number of nitrogens with one attached hydrogen (secondary N) is 1. The summed E-state index contributed by atoms with van der Waals surface area (Å²) in [5.74, 6) is -0.266. The molecule has 1 atom stereocenters. The van der Waals surface area contributed by atoms with E-state index in [9.17, 15) is 4.79 Å². The lowest BCUT2D eigenvalue weighted by Gasteiger charge is -2.09. The van der Waals surface area contributed by atoms with Gasteiger partial charge >= 0.3 is 0 Å². The Morgan fingerprint density at radius 2 is 2.12 bits per heavy atom. The minimum atomic E-state index is -0.266. The van der Waals surface area contributed by atoms with Crippen LogP contribution in [0.15, 0.2) is 35.8 Å². The van der Waals surface area contributed by atoms with Gasteiger partial charge in [0.1, 0.15) is 5.01 Å². The highest BCUT2D eigenvalue weighted by molar-refractivity contribution is 7.09. The molecule has 1 aromatic carbocycles. The number of aromatic nitrogens is 4. The van der Waals surface area contributed by atoms with Crippen LogP contribution in [0, 0.1) is 6.92 Å². The first-order valence-corrected chi connectivity index (χ1v) is 8.64. The van der Waals surface area contributed by atoms with Crippen LogP contribution in [0.2, 0.25) is 5.02 Å². The molecular weight excluding hydrogens is 346 g/mol. The molecule has 0 unspecified atom stereocenters. The zero-order valence-corrected chi connectivity index (χ0v) is 14.8. The van der Waals surface area contributed by atoms with Crippen molar-refractivity contribution in [2.75, 3.05) is 0 Å². The van der Waals surface area contributed by atoms with Gasteiger partial charge in [-0.1, -0.05) is 28.9 Å². The van der Waals surface area contributed by atoms with Crippen LogP contribution in [0.25, 0.3) is 0 Å². The molecule has 8 heteroatoms. The summed E-state index contributed by atoms with van der Waals surface area (Å²) in [5, 5.41) is 14.3. The summed E-state index contributed by atoms with van der Waals surface area (Å²) in [4.78, 5) is 16.7. The Morgan fingerprint density at radius 3 is 2.79 bits per heavy atom. The molecule has 24 heavy (non-hydrogen) atoms. The smallest absolute Gasteiger partial charge is 0.274 e. The van der Waals surface area contributed by atoms with Gasteiger partial charge in [-0.15, -0.1) is 16.4 Å². The maximum absolute atomic E-state index is 12.3. The molecule has 0 bridgehead atoms. The number of hydrogen-bond acceptors (Lipinski definition) is 5. The quantitative estimate of drug-likeness (QED) is 0.757. The van der Waals surface area contributed by atoms with E-state index in [0.29, 0.717) is 11.6 Å². The number of amides is 1. The molecule has 0 radical (unpaired) electrons. The van der Waals surface area contributed by atoms with Crippen LogP contribution >= 0.6 is 22.9 Å². The third-order valence-electron chi connectivity index (χ3n) is 3.38. The van der Waals surface area contributed by atoms with E-state index in [1.54, 1.807) is 10.9 Å². The molecule has 0 aliphatic rings. The second-order valence-corrected chi connectivity index (χ2v) is 6.78. The fourth-order valence-corrected chi connectivity index (χ4v) is 3.09. The number of rotatable bonds is 5. The number of nitrogens with zero attached hydrogens (tertiary/aromatic N) is 4. The van der Waals surface area contributed by atoms with Gasteiger partial charge in [0.05, 0.1) is 18.8 Å². The summed E-state index contributed by atoms with van der Waals surface area (Å²) in [6.07, 6.45) is 1.63. The largest absolute Gasteiger partial charge is 0.342 e. The number of halogens is 1. The van der Waals surface area contributed by atoms with Crippen molar-refractivity contribution in [2.24, 2.45) is 0 Å². The highest BCUT2D eigenvalue weighted by Crippen LogP contribution is 2.17. The van der Waals surface area contributed by atoms with Crippen LogP contribution in [0.4, 0.5) is 0 Å². The zero-order valence-electron chi connectivity index (χ0n) is 13.2. The standard InChI is InChI=1S/C16H16ClN5OS/c1-10-9-24-16(18-10)11(2)19-15(23)14-8-22(21-20-14)7-12-3-5-13(17)6-4-12/h3-6,8-9,11H,7H2,1-2H3,(H,19,23)/t11-/m1/s1. The van der Waals surface area contributed by atoms with E-state index in [1.807, 2.05) is 43.5 Å². The summed E-state index contributed by atoms with van der Waals surface area (Å²) in [6, 6.07) is 7.29. The van der Waals surface area contributed by atoms with Crippen molar-refractivity contribution >= 4 is 28.8 Å². The number of thiazole rings is 1. The van der Waals surface area contributed by atoms with E-state index in [0.717, 1.165) is 16.3 Å². The fraction of sp³-hybridized carbons (Fsp3) is 0.250. The number of hydrogen-bond donors (Lipinski definition) is 1. The summed E-state index contributed by atoms with van der Waals surface area (Å²) in [7, 11) is 0. The van der Waals surface area contributed by atoms with Gasteiger partial charge in [-0.2, -0.15) is 0 Å². The maximum Gasteiger partial charge on any atom is 0.274 e. The summed E-state index contributed by atoms with van der Waals surface area (Å²) in [6.45, 7) is 4.35. The van der Waals surface area contributed by atoms with Crippen molar-refractivity contribution in [1.82, 2.24) is 25.3 Å². The SMILES string of the molecule is Cc1csc([C@@H](C)NC(=O)c2cn(Cc3ccc(Cl)cc3)nn2)n1. The molecule has 0 aliphatic carbocycles. The Bertz CT molecular complexity index is 842. The van der Waals surface area contributed by atoms with Crippen molar-refractivity contribution in [3.8, 4) is 0 Å². The molecule has 0 saturated carbocycles. The van der Waals surface area contributed by atoms with Crippen LogP contribution < -0.4 is 5.32 Å². The lowest BCUT2D eigenvalue weighted by atomic mass is 10.2. The van der Waals surface area contributed by atoms with Gasteiger partial charge in [-0.3, -0.25) is 4.79 Å². The number of benzene rings is 1. The van der Waals surface area contributed by atoms with Crippen LogP contribution in [0.1, 0.15) is 39.7 Å². The Labute approximate surface area is 148 Å². The lowest BCUT2D eigenvalue weighted by molar-refractivity contribution is 0.0934. The molecule has 0 aliphatic heterocycles. The topological polar surface area (TPSA) is 72.7 Å². The van der Waals surface area contributed by atoms with Crippen molar-refractivity contribution < 1.29 is 4.79 Å². The van der Waals surface area contributed by atoms with Gasteiger partial charge in [0.25, 0.3) is 5.91 Å². The molecule has 1 amide bonds. The number of aryl methyl sites for hydroxylation is 1. The second-order valence-electron chi connectivity index (χ2n) is 5.45. The molecule has 1 N–H and O–H groups in total. The molecule has 2 heterocycles. The van der Waals surface area contributed by atoms with Crippen molar-refractivity contribution in [1.29, 1.82) is 0 Å².